The lowest BCUT2D eigenvalue weighted by atomic mass is 9.43. The van der Waals surface area contributed by atoms with Crippen molar-refractivity contribution in [2.75, 3.05) is 13.2 Å². The Morgan fingerprint density at radius 3 is 2.19 bits per heavy atom. The number of rotatable bonds is 3. The minimum atomic E-state index is -0.686. The van der Waals surface area contributed by atoms with Crippen molar-refractivity contribution in [3.63, 3.8) is 0 Å². The third-order valence-corrected chi connectivity index (χ3v) is 22.5. The Bertz CT molecular complexity index is 1810. The van der Waals surface area contributed by atoms with Crippen molar-refractivity contribution in [3.05, 3.63) is 11.6 Å². The highest BCUT2D eigenvalue weighted by Gasteiger charge is 2.81. The predicted molar refractivity (Wildman–Crippen MR) is 216 cm³/mol. The fourth-order valence-corrected chi connectivity index (χ4v) is 19.5. The molecule has 0 amide bonds. The maximum atomic E-state index is 12.2. The van der Waals surface area contributed by atoms with Crippen molar-refractivity contribution < 1.29 is 39.1 Å². The number of aliphatic hydroxyl groups excluding tert-OH is 1. The number of aliphatic hydroxyl groups is 3. The largest absolute Gasteiger partial charge is 0.458 e. The second-order valence-electron chi connectivity index (χ2n) is 24.1. The van der Waals surface area contributed by atoms with Gasteiger partial charge in [-0.15, -0.1) is 0 Å². The number of esters is 1. The minimum Gasteiger partial charge on any atom is -0.458 e. The number of hydrogen-bond donors (Lipinski definition) is 3. The molecule has 8 nitrogen and oxygen atoms in total. The van der Waals surface area contributed by atoms with E-state index in [2.05, 4.69) is 33.8 Å². The summed E-state index contributed by atoms with van der Waals surface area (Å²) in [4.78, 5) is 24.3. The van der Waals surface area contributed by atoms with Crippen molar-refractivity contribution >= 4 is 11.8 Å². The van der Waals surface area contributed by atoms with Crippen LogP contribution >= 0.6 is 0 Å². The number of allylic oxidation sites excluding steroid dienone is 1. The van der Waals surface area contributed by atoms with E-state index in [-0.39, 0.29) is 45.6 Å². The molecule has 8 unspecified atom stereocenters. The Balaban J connectivity index is 0.000000127. The molecular weight excluding hydrogens is 729 g/mol. The van der Waals surface area contributed by atoms with E-state index in [0.29, 0.717) is 60.1 Å². The van der Waals surface area contributed by atoms with Crippen LogP contribution in [0.25, 0.3) is 0 Å². The lowest BCUT2D eigenvalue weighted by Crippen LogP contribution is -2.65. The molecule has 11 aliphatic carbocycles. The van der Waals surface area contributed by atoms with Gasteiger partial charge in [0.1, 0.15) is 5.60 Å². The van der Waals surface area contributed by atoms with Gasteiger partial charge in [0.15, 0.2) is 12.1 Å². The first kappa shape index (κ1) is 38.4. The lowest BCUT2D eigenvalue weighted by molar-refractivity contribution is -0.235. The molecule has 0 bridgehead atoms. The maximum Gasteiger partial charge on any atom is 0.306 e. The summed E-state index contributed by atoms with van der Waals surface area (Å²) in [5, 5.41) is 34.2. The van der Waals surface area contributed by atoms with Gasteiger partial charge < -0.3 is 29.5 Å². The summed E-state index contributed by atoms with van der Waals surface area (Å²) in [7, 11) is 0. The molecule has 0 aromatic rings. The van der Waals surface area contributed by atoms with E-state index < -0.39 is 11.2 Å². The van der Waals surface area contributed by atoms with Gasteiger partial charge in [-0.25, -0.2) is 0 Å². The predicted octanol–water partition coefficient (Wildman–Crippen LogP) is 7.94. The van der Waals surface area contributed by atoms with E-state index in [1.54, 1.807) is 0 Å². The van der Waals surface area contributed by atoms with Crippen molar-refractivity contribution in [2.24, 2.45) is 92.7 Å². The SMILES string of the molecule is C[C@]12CCC(=O)C=C1[C@@H]1C[C@@H]1C1C2CC[C@@]2(C)C1[C@@H]1C[C@@H]1[C@@]21CCC(=O)O1.C[C@]12CCC3C(C1CC[C@@]2(O)CCC1OCCCO1)[C@H]1C[C@H]1C1(O)CC(O)CC[C@]31C. The Labute approximate surface area is 346 Å². The number of carbonyl (C=O) groups excluding carboxylic acids is 2. The molecule has 2 saturated heterocycles. The van der Waals surface area contributed by atoms with E-state index in [0.717, 1.165) is 126 Å². The first-order valence-corrected chi connectivity index (χ1v) is 24.4. The monoisotopic (exact) mass is 801 g/mol. The zero-order valence-corrected chi connectivity index (χ0v) is 35.9. The van der Waals surface area contributed by atoms with E-state index in [1.807, 2.05) is 0 Å². The van der Waals surface area contributed by atoms with E-state index in [1.165, 1.54) is 31.3 Å². The Morgan fingerprint density at radius 2 is 1.41 bits per heavy atom. The molecule has 0 aromatic heterocycles. The lowest BCUT2D eigenvalue weighted by Gasteiger charge is -2.64. The first-order valence-electron chi connectivity index (χ1n) is 24.4. The van der Waals surface area contributed by atoms with E-state index in [4.69, 9.17) is 14.2 Å². The molecule has 320 valence electrons. The average Bonchev–Trinajstić information content (AvgIpc) is 4.13. The van der Waals surface area contributed by atoms with Crippen LogP contribution in [0.15, 0.2) is 11.6 Å². The Kier molecular flexibility index (Phi) is 8.09. The van der Waals surface area contributed by atoms with Crippen LogP contribution in [-0.2, 0) is 23.8 Å². The van der Waals surface area contributed by atoms with Crippen LogP contribution in [0.5, 0.6) is 0 Å². The maximum absolute atomic E-state index is 12.2. The highest BCUT2D eigenvalue weighted by atomic mass is 16.7. The van der Waals surface area contributed by atoms with Gasteiger partial charge in [-0.1, -0.05) is 33.3 Å². The number of ether oxygens (including phenoxy) is 3. The van der Waals surface area contributed by atoms with Crippen LogP contribution in [0.4, 0.5) is 0 Å². The fraction of sp³-hybridized carbons (Fsp3) is 0.920. The zero-order valence-electron chi connectivity index (χ0n) is 35.9. The fourth-order valence-electron chi connectivity index (χ4n) is 19.5. The molecule has 20 atom stereocenters. The third kappa shape index (κ3) is 4.77. The van der Waals surface area contributed by atoms with Crippen LogP contribution in [0.3, 0.4) is 0 Å². The van der Waals surface area contributed by atoms with Crippen LogP contribution in [0.1, 0.15) is 150 Å². The number of hydrogen-bond acceptors (Lipinski definition) is 8. The van der Waals surface area contributed by atoms with Crippen molar-refractivity contribution in [1.82, 2.24) is 0 Å². The summed E-state index contributed by atoms with van der Waals surface area (Å²) in [5.74, 6) is 8.30. The van der Waals surface area contributed by atoms with E-state index in [9.17, 15) is 24.9 Å². The number of fused-ring (bicyclic) bond motifs is 20. The van der Waals surface area contributed by atoms with Gasteiger partial charge in [-0.05, 0) is 184 Å². The molecular formula is C50H72O8. The van der Waals surface area contributed by atoms with Gasteiger partial charge in [-0.2, -0.15) is 0 Å². The highest BCUT2D eigenvalue weighted by molar-refractivity contribution is 5.92. The summed E-state index contributed by atoms with van der Waals surface area (Å²) < 4.78 is 17.8. The van der Waals surface area contributed by atoms with Crippen molar-refractivity contribution in [2.45, 2.75) is 179 Å². The van der Waals surface area contributed by atoms with Gasteiger partial charge in [0.2, 0.25) is 0 Å². The quantitative estimate of drug-likeness (QED) is 0.246. The standard InChI is InChI=1S/C26H42O5.C24H30O3/c1-23-9-5-19-22(17-14-20(17)26(29)15-16(27)4-8-24(19,26)2)18(23)6-10-25(23,28)11-7-21-30-12-3-13-31-21;1-22-6-3-12(25)9-17(22)13-10-14(13)20-16(22)4-7-23(2)21(20)15-11-18(15)24(23)8-5-19(26)27-24/h16-22,27-29H,3-15H2,1-2H3;9,13-16,18,20-21H,3-8,10-11H2,1-2H3/t16?,17-,18?,19?,20+,22?,23-,24+,25+,26?;13-,14+,15-,16?,18+,20?,21?,22-,23+,24+/m01/s1. The highest BCUT2D eigenvalue weighted by Crippen LogP contribution is 2.83. The summed E-state index contributed by atoms with van der Waals surface area (Å²) in [6.07, 6.45) is 20.2. The average molecular weight is 801 g/mol. The Hall–Kier alpha value is -1.32. The first-order chi connectivity index (χ1) is 27.6. The molecule has 0 radical (unpaired) electrons. The minimum absolute atomic E-state index is 0.0457. The second kappa shape index (κ2) is 12.2. The van der Waals surface area contributed by atoms with Gasteiger partial charge in [0.05, 0.1) is 30.5 Å². The molecule has 1 spiro atoms. The normalized spacial score (nSPS) is 60.3. The molecule has 3 N–H and O–H groups in total. The molecule has 13 rings (SSSR count). The third-order valence-electron chi connectivity index (χ3n) is 22.5. The Morgan fingerprint density at radius 1 is 0.707 bits per heavy atom. The summed E-state index contributed by atoms with van der Waals surface area (Å²) >= 11 is 0. The van der Waals surface area contributed by atoms with E-state index >= 15 is 0 Å². The van der Waals surface area contributed by atoms with Crippen molar-refractivity contribution in [1.29, 1.82) is 0 Å². The summed E-state index contributed by atoms with van der Waals surface area (Å²) in [5.41, 5.74) is 0.405. The molecule has 58 heavy (non-hydrogen) atoms. The van der Waals surface area contributed by atoms with Gasteiger partial charge in [-0.3, -0.25) is 9.59 Å². The topological polar surface area (TPSA) is 123 Å². The van der Waals surface area contributed by atoms with Gasteiger partial charge >= 0.3 is 5.97 Å². The molecule has 13 aliphatic rings. The van der Waals surface area contributed by atoms with Crippen LogP contribution in [0.2, 0.25) is 0 Å². The number of carbonyl (C=O) groups is 2. The van der Waals surface area contributed by atoms with Gasteiger partial charge in [0, 0.05) is 37.0 Å². The van der Waals surface area contributed by atoms with Crippen molar-refractivity contribution in [3.8, 4) is 0 Å². The molecule has 10 saturated carbocycles. The molecule has 2 heterocycles. The zero-order chi connectivity index (χ0) is 40.0. The summed E-state index contributed by atoms with van der Waals surface area (Å²) in [6.45, 7) is 11.2. The molecule has 0 aromatic carbocycles. The summed E-state index contributed by atoms with van der Waals surface area (Å²) in [6, 6.07) is 0. The number of ketones is 1. The molecule has 12 fully saturated rings. The smallest absolute Gasteiger partial charge is 0.306 e. The van der Waals surface area contributed by atoms with Crippen LogP contribution in [0, 0.1) is 92.7 Å². The molecule has 8 heteroatoms. The van der Waals surface area contributed by atoms with Crippen LogP contribution < -0.4 is 0 Å². The second-order valence-corrected chi connectivity index (χ2v) is 24.1. The van der Waals surface area contributed by atoms with Crippen LogP contribution in [-0.4, -0.2) is 69.5 Å². The van der Waals surface area contributed by atoms with Gasteiger partial charge in [0.25, 0.3) is 0 Å². The molecule has 2 aliphatic heterocycles.